The minimum absolute atomic E-state index is 0.147. The van der Waals surface area contributed by atoms with Crippen molar-refractivity contribution < 1.29 is 14.3 Å². The van der Waals surface area contributed by atoms with Gasteiger partial charge in [0.25, 0.3) is 0 Å². The summed E-state index contributed by atoms with van der Waals surface area (Å²) < 4.78 is 11.2. The van der Waals surface area contributed by atoms with Gasteiger partial charge in [-0.05, 0) is 59.7 Å². The summed E-state index contributed by atoms with van der Waals surface area (Å²) in [5.41, 5.74) is 5.63. The Morgan fingerprint density at radius 1 is 0.800 bits per heavy atom. The first-order chi connectivity index (χ1) is 14.6. The van der Waals surface area contributed by atoms with E-state index in [9.17, 15) is 4.79 Å². The normalized spacial score (nSPS) is 11.7. The molecule has 0 aliphatic rings. The molecule has 3 aromatic carbocycles. The molecule has 1 atom stereocenters. The molecule has 30 heavy (non-hydrogen) atoms. The van der Waals surface area contributed by atoms with Gasteiger partial charge >= 0.3 is 5.97 Å². The molecule has 3 aromatic rings. The maximum atomic E-state index is 11.8. The van der Waals surface area contributed by atoms with Crippen molar-refractivity contribution in [3.05, 3.63) is 78.4 Å². The molecule has 0 amide bonds. The van der Waals surface area contributed by atoms with Gasteiger partial charge in [-0.2, -0.15) is 0 Å². The third-order valence-electron chi connectivity index (χ3n) is 5.02. The summed E-state index contributed by atoms with van der Waals surface area (Å²) in [4.78, 5) is 11.8. The van der Waals surface area contributed by atoms with Crippen molar-refractivity contribution in [2.45, 2.75) is 46.1 Å². The molecule has 3 rings (SSSR count). The summed E-state index contributed by atoms with van der Waals surface area (Å²) in [5.74, 6) is 0.750. The quantitative estimate of drug-likeness (QED) is 0.355. The minimum atomic E-state index is -0.246. The predicted octanol–water partition coefficient (Wildman–Crippen LogP) is 7.21. The second-order valence-electron chi connectivity index (χ2n) is 7.42. The van der Waals surface area contributed by atoms with Gasteiger partial charge in [0.1, 0.15) is 11.9 Å². The average Bonchev–Trinajstić information content (AvgIpc) is 2.78. The SMILES string of the molecule is CCCOc1ccc(-c2ccccc2-c2ccc(C(C)OC(=O)CCC)cc2)cc1. The maximum absolute atomic E-state index is 11.8. The largest absolute Gasteiger partial charge is 0.494 e. The van der Waals surface area contributed by atoms with Gasteiger partial charge in [0.05, 0.1) is 6.61 Å². The van der Waals surface area contributed by atoms with Gasteiger partial charge in [0, 0.05) is 6.42 Å². The molecule has 0 heterocycles. The smallest absolute Gasteiger partial charge is 0.306 e. The highest BCUT2D eigenvalue weighted by atomic mass is 16.5. The fourth-order valence-corrected chi connectivity index (χ4v) is 3.40. The molecular weight excluding hydrogens is 372 g/mol. The fraction of sp³-hybridized carbons (Fsp3) is 0.296. The predicted molar refractivity (Wildman–Crippen MR) is 123 cm³/mol. The number of benzene rings is 3. The molecule has 0 fully saturated rings. The number of hydrogen-bond acceptors (Lipinski definition) is 3. The molecule has 0 spiro atoms. The van der Waals surface area contributed by atoms with Gasteiger partial charge in [-0.1, -0.05) is 74.5 Å². The summed E-state index contributed by atoms with van der Waals surface area (Å²) in [6, 6.07) is 24.9. The Labute approximate surface area is 179 Å². The van der Waals surface area contributed by atoms with Crippen molar-refractivity contribution in [1.29, 1.82) is 0 Å². The first-order valence-corrected chi connectivity index (χ1v) is 10.7. The van der Waals surface area contributed by atoms with Crippen LogP contribution in [0.25, 0.3) is 22.3 Å². The van der Waals surface area contributed by atoms with Gasteiger partial charge in [0.15, 0.2) is 0 Å². The van der Waals surface area contributed by atoms with Crippen LogP contribution >= 0.6 is 0 Å². The van der Waals surface area contributed by atoms with E-state index in [1.165, 1.54) is 11.1 Å². The summed E-state index contributed by atoms with van der Waals surface area (Å²) in [6.45, 7) is 6.73. The molecule has 156 valence electrons. The molecule has 1 unspecified atom stereocenters. The molecule has 0 aromatic heterocycles. The maximum Gasteiger partial charge on any atom is 0.306 e. The van der Waals surface area contributed by atoms with Crippen LogP contribution in [0.5, 0.6) is 5.75 Å². The standard InChI is InChI=1S/C27H30O3/c1-4-8-27(28)30-20(3)21-11-13-22(14-12-21)25-9-6-7-10-26(25)23-15-17-24(18-16-23)29-19-5-2/h6-7,9-18,20H,4-5,8,19H2,1-3H3. The monoisotopic (exact) mass is 402 g/mol. The molecule has 0 bridgehead atoms. The number of hydrogen-bond donors (Lipinski definition) is 0. The van der Waals surface area contributed by atoms with E-state index in [-0.39, 0.29) is 12.1 Å². The zero-order valence-corrected chi connectivity index (χ0v) is 18.1. The number of carbonyl (C=O) groups is 1. The highest BCUT2D eigenvalue weighted by Gasteiger charge is 2.12. The van der Waals surface area contributed by atoms with Crippen molar-refractivity contribution in [2.75, 3.05) is 6.61 Å². The van der Waals surface area contributed by atoms with Crippen LogP contribution in [0.2, 0.25) is 0 Å². The lowest BCUT2D eigenvalue weighted by Crippen LogP contribution is -2.08. The van der Waals surface area contributed by atoms with Gasteiger partial charge < -0.3 is 9.47 Å². The van der Waals surface area contributed by atoms with Crippen molar-refractivity contribution >= 4 is 5.97 Å². The van der Waals surface area contributed by atoms with E-state index in [0.717, 1.165) is 41.9 Å². The van der Waals surface area contributed by atoms with Crippen molar-refractivity contribution in [1.82, 2.24) is 0 Å². The molecular formula is C27H30O3. The topological polar surface area (TPSA) is 35.5 Å². The van der Waals surface area contributed by atoms with Crippen LogP contribution in [0.1, 0.15) is 51.7 Å². The highest BCUT2D eigenvalue weighted by molar-refractivity contribution is 5.83. The Bertz CT molecular complexity index is 943. The molecule has 0 saturated carbocycles. The van der Waals surface area contributed by atoms with Crippen LogP contribution in [0.15, 0.2) is 72.8 Å². The van der Waals surface area contributed by atoms with Crippen molar-refractivity contribution in [3.8, 4) is 28.0 Å². The van der Waals surface area contributed by atoms with E-state index in [1.54, 1.807) is 0 Å². The first-order valence-electron chi connectivity index (χ1n) is 10.7. The van der Waals surface area contributed by atoms with E-state index in [2.05, 4.69) is 55.5 Å². The molecule has 0 aliphatic heterocycles. The van der Waals surface area contributed by atoms with Crippen LogP contribution in [-0.4, -0.2) is 12.6 Å². The Balaban J connectivity index is 1.81. The third kappa shape index (κ3) is 5.50. The number of carbonyl (C=O) groups excluding carboxylic acids is 1. The van der Waals surface area contributed by atoms with E-state index < -0.39 is 0 Å². The molecule has 0 saturated heterocycles. The third-order valence-corrected chi connectivity index (χ3v) is 5.02. The summed E-state index contributed by atoms with van der Waals surface area (Å²) in [7, 11) is 0. The molecule has 0 aliphatic carbocycles. The van der Waals surface area contributed by atoms with Gasteiger partial charge in [-0.3, -0.25) is 4.79 Å². The van der Waals surface area contributed by atoms with E-state index in [1.807, 2.05) is 38.1 Å². The Hall–Kier alpha value is -3.07. The zero-order valence-electron chi connectivity index (χ0n) is 18.1. The van der Waals surface area contributed by atoms with Crippen LogP contribution in [0.4, 0.5) is 0 Å². The first kappa shape index (κ1) is 21.6. The lowest BCUT2D eigenvalue weighted by atomic mass is 9.94. The van der Waals surface area contributed by atoms with Crippen LogP contribution in [0.3, 0.4) is 0 Å². The minimum Gasteiger partial charge on any atom is -0.494 e. The number of rotatable bonds is 9. The highest BCUT2D eigenvalue weighted by Crippen LogP contribution is 2.33. The Morgan fingerprint density at radius 2 is 1.37 bits per heavy atom. The van der Waals surface area contributed by atoms with Crippen molar-refractivity contribution in [3.63, 3.8) is 0 Å². The number of esters is 1. The van der Waals surface area contributed by atoms with Crippen LogP contribution < -0.4 is 4.74 Å². The van der Waals surface area contributed by atoms with E-state index >= 15 is 0 Å². The van der Waals surface area contributed by atoms with E-state index in [0.29, 0.717) is 6.42 Å². The number of ether oxygens (including phenoxy) is 2. The van der Waals surface area contributed by atoms with Gasteiger partial charge in [-0.15, -0.1) is 0 Å². The van der Waals surface area contributed by atoms with Crippen molar-refractivity contribution in [2.24, 2.45) is 0 Å². The van der Waals surface area contributed by atoms with Gasteiger partial charge in [0.2, 0.25) is 0 Å². The Kier molecular flexibility index (Phi) is 7.67. The Morgan fingerprint density at radius 3 is 1.90 bits per heavy atom. The lowest BCUT2D eigenvalue weighted by molar-refractivity contribution is -0.148. The lowest BCUT2D eigenvalue weighted by Gasteiger charge is -2.15. The molecule has 3 nitrogen and oxygen atoms in total. The van der Waals surface area contributed by atoms with Crippen LogP contribution in [-0.2, 0) is 9.53 Å². The van der Waals surface area contributed by atoms with E-state index in [4.69, 9.17) is 9.47 Å². The average molecular weight is 403 g/mol. The molecule has 3 heteroatoms. The fourth-order valence-electron chi connectivity index (χ4n) is 3.40. The molecule has 0 N–H and O–H groups in total. The van der Waals surface area contributed by atoms with Gasteiger partial charge in [-0.25, -0.2) is 0 Å². The summed E-state index contributed by atoms with van der Waals surface area (Å²) in [5, 5.41) is 0. The second-order valence-corrected chi connectivity index (χ2v) is 7.42. The van der Waals surface area contributed by atoms with Crippen LogP contribution in [0, 0.1) is 0 Å². The second kappa shape index (κ2) is 10.6. The molecule has 0 radical (unpaired) electrons. The summed E-state index contributed by atoms with van der Waals surface area (Å²) >= 11 is 0. The summed E-state index contributed by atoms with van der Waals surface area (Å²) in [6.07, 6.45) is 2.01. The zero-order chi connectivity index (χ0) is 21.3.